The molecule has 0 spiro atoms. The SMILES string of the molecule is CCCCN(C)CCCCC(C)(NC1CC1)C(N)=O. The van der Waals surface area contributed by atoms with Crippen LogP contribution in [-0.2, 0) is 4.79 Å². The van der Waals surface area contributed by atoms with E-state index in [0.717, 1.165) is 25.8 Å². The Bertz CT molecular complexity index is 279. The van der Waals surface area contributed by atoms with Crippen LogP contribution in [0.15, 0.2) is 0 Å². The van der Waals surface area contributed by atoms with E-state index in [4.69, 9.17) is 5.73 Å². The van der Waals surface area contributed by atoms with Gasteiger partial charge in [0.1, 0.15) is 0 Å². The molecule has 4 heteroatoms. The summed E-state index contributed by atoms with van der Waals surface area (Å²) < 4.78 is 0. The van der Waals surface area contributed by atoms with Crippen molar-refractivity contribution >= 4 is 5.91 Å². The van der Waals surface area contributed by atoms with Gasteiger partial charge < -0.3 is 16.0 Å². The first-order valence-corrected chi connectivity index (χ1v) is 7.74. The fraction of sp³-hybridized carbons (Fsp3) is 0.933. The van der Waals surface area contributed by atoms with Gasteiger partial charge in [0.25, 0.3) is 0 Å². The second kappa shape index (κ2) is 7.85. The van der Waals surface area contributed by atoms with Crippen molar-refractivity contribution in [2.45, 2.75) is 70.4 Å². The number of amides is 1. The van der Waals surface area contributed by atoms with Crippen molar-refractivity contribution in [1.29, 1.82) is 0 Å². The molecule has 1 fully saturated rings. The van der Waals surface area contributed by atoms with E-state index in [9.17, 15) is 4.79 Å². The summed E-state index contributed by atoms with van der Waals surface area (Å²) in [4.78, 5) is 14.0. The molecule has 0 aliphatic heterocycles. The Labute approximate surface area is 118 Å². The maximum absolute atomic E-state index is 11.6. The smallest absolute Gasteiger partial charge is 0.237 e. The van der Waals surface area contributed by atoms with E-state index in [2.05, 4.69) is 24.2 Å². The van der Waals surface area contributed by atoms with Crippen LogP contribution in [0, 0.1) is 0 Å². The van der Waals surface area contributed by atoms with Gasteiger partial charge in [-0.2, -0.15) is 0 Å². The third-order valence-electron chi connectivity index (χ3n) is 4.00. The molecule has 0 bridgehead atoms. The first-order chi connectivity index (χ1) is 8.98. The van der Waals surface area contributed by atoms with E-state index in [1.807, 2.05) is 6.92 Å². The second-order valence-electron chi connectivity index (χ2n) is 6.23. The van der Waals surface area contributed by atoms with Crippen molar-refractivity contribution in [2.24, 2.45) is 5.73 Å². The van der Waals surface area contributed by atoms with Gasteiger partial charge in [-0.05, 0) is 65.6 Å². The lowest BCUT2D eigenvalue weighted by Crippen LogP contribution is -2.54. The Morgan fingerprint density at radius 1 is 1.32 bits per heavy atom. The number of hydrogen-bond donors (Lipinski definition) is 2. The van der Waals surface area contributed by atoms with Gasteiger partial charge >= 0.3 is 0 Å². The van der Waals surface area contributed by atoms with Gasteiger partial charge in [-0.15, -0.1) is 0 Å². The highest BCUT2D eigenvalue weighted by Crippen LogP contribution is 2.25. The molecule has 3 N–H and O–H groups in total. The van der Waals surface area contributed by atoms with Crippen LogP contribution in [0.2, 0.25) is 0 Å². The lowest BCUT2D eigenvalue weighted by Gasteiger charge is -2.28. The van der Waals surface area contributed by atoms with Gasteiger partial charge in [0, 0.05) is 6.04 Å². The molecule has 19 heavy (non-hydrogen) atoms. The largest absolute Gasteiger partial charge is 0.368 e. The zero-order chi connectivity index (χ0) is 14.3. The van der Waals surface area contributed by atoms with Gasteiger partial charge in [-0.1, -0.05) is 13.3 Å². The van der Waals surface area contributed by atoms with Gasteiger partial charge in [-0.3, -0.25) is 4.79 Å². The molecular formula is C15H31N3O. The molecule has 1 rings (SSSR count). The molecule has 0 aromatic carbocycles. The predicted octanol–water partition coefficient (Wildman–Crippen LogP) is 1.88. The van der Waals surface area contributed by atoms with Crippen LogP contribution in [0.1, 0.15) is 58.8 Å². The molecule has 0 saturated heterocycles. The van der Waals surface area contributed by atoms with E-state index < -0.39 is 5.54 Å². The minimum atomic E-state index is -0.511. The minimum Gasteiger partial charge on any atom is -0.368 e. The molecule has 0 heterocycles. The van der Waals surface area contributed by atoms with E-state index in [-0.39, 0.29) is 5.91 Å². The minimum absolute atomic E-state index is 0.210. The Kier molecular flexibility index (Phi) is 6.80. The second-order valence-corrected chi connectivity index (χ2v) is 6.23. The Balaban J connectivity index is 2.19. The molecule has 0 aromatic heterocycles. The summed E-state index contributed by atoms with van der Waals surface area (Å²) in [7, 11) is 2.17. The van der Waals surface area contributed by atoms with Crippen LogP contribution in [-0.4, -0.2) is 42.5 Å². The van der Waals surface area contributed by atoms with Crippen molar-refractivity contribution in [2.75, 3.05) is 20.1 Å². The summed E-state index contributed by atoms with van der Waals surface area (Å²) in [6, 6.07) is 0.518. The normalized spacial score (nSPS) is 18.5. The van der Waals surface area contributed by atoms with Crippen LogP contribution in [0.25, 0.3) is 0 Å². The summed E-state index contributed by atoms with van der Waals surface area (Å²) in [6.07, 6.45) is 7.91. The summed E-state index contributed by atoms with van der Waals surface area (Å²) in [5.74, 6) is -0.210. The van der Waals surface area contributed by atoms with Crippen molar-refractivity contribution in [3.05, 3.63) is 0 Å². The number of nitrogens with one attached hydrogen (secondary N) is 1. The number of nitrogens with zero attached hydrogens (tertiary/aromatic N) is 1. The molecule has 0 radical (unpaired) electrons. The third kappa shape index (κ3) is 6.39. The van der Waals surface area contributed by atoms with Crippen LogP contribution in [0.3, 0.4) is 0 Å². The average Bonchev–Trinajstić information content (AvgIpc) is 3.15. The number of hydrogen-bond acceptors (Lipinski definition) is 3. The first-order valence-electron chi connectivity index (χ1n) is 7.74. The van der Waals surface area contributed by atoms with Gasteiger partial charge in [-0.25, -0.2) is 0 Å². The molecule has 1 unspecified atom stereocenters. The third-order valence-corrected chi connectivity index (χ3v) is 4.00. The fourth-order valence-corrected chi connectivity index (χ4v) is 2.34. The van der Waals surface area contributed by atoms with E-state index in [1.165, 1.54) is 32.2 Å². The number of primary amides is 1. The molecule has 4 nitrogen and oxygen atoms in total. The summed E-state index contributed by atoms with van der Waals surface area (Å²) in [5, 5.41) is 3.40. The number of rotatable bonds is 11. The lowest BCUT2D eigenvalue weighted by atomic mass is 9.93. The van der Waals surface area contributed by atoms with Crippen molar-refractivity contribution in [3.8, 4) is 0 Å². The number of carbonyl (C=O) groups excluding carboxylic acids is 1. The molecule has 1 aliphatic rings. The van der Waals surface area contributed by atoms with Gasteiger partial charge in [0.2, 0.25) is 5.91 Å². The van der Waals surface area contributed by atoms with Crippen molar-refractivity contribution in [3.63, 3.8) is 0 Å². The van der Waals surface area contributed by atoms with Crippen LogP contribution < -0.4 is 11.1 Å². The summed E-state index contributed by atoms with van der Waals surface area (Å²) in [6.45, 7) is 6.45. The molecule has 1 aliphatic carbocycles. The highest BCUT2D eigenvalue weighted by atomic mass is 16.1. The predicted molar refractivity (Wildman–Crippen MR) is 80.0 cm³/mol. The van der Waals surface area contributed by atoms with E-state index in [1.54, 1.807) is 0 Å². The average molecular weight is 269 g/mol. The number of unbranched alkanes of at least 4 members (excludes halogenated alkanes) is 2. The standard InChI is InChI=1S/C15H31N3O/c1-4-5-11-18(3)12-7-6-10-15(2,14(16)19)17-13-8-9-13/h13,17H,4-12H2,1-3H3,(H2,16,19). The Morgan fingerprint density at radius 3 is 2.47 bits per heavy atom. The number of nitrogens with two attached hydrogens (primary N) is 1. The van der Waals surface area contributed by atoms with Crippen LogP contribution in [0.5, 0.6) is 0 Å². The Morgan fingerprint density at radius 2 is 1.95 bits per heavy atom. The summed E-state index contributed by atoms with van der Waals surface area (Å²) in [5.41, 5.74) is 5.03. The highest BCUT2D eigenvalue weighted by molar-refractivity contribution is 5.84. The topological polar surface area (TPSA) is 58.4 Å². The lowest BCUT2D eigenvalue weighted by molar-refractivity contribution is -0.124. The van der Waals surface area contributed by atoms with Crippen LogP contribution >= 0.6 is 0 Å². The van der Waals surface area contributed by atoms with Gasteiger partial charge in [0.05, 0.1) is 5.54 Å². The molecule has 1 atom stereocenters. The summed E-state index contributed by atoms with van der Waals surface area (Å²) >= 11 is 0. The van der Waals surface area contributed by atoms with Crippen LogP contribution in [0.4, 0.5) is 0 Å². The molecule has 112 valence electrons. The monoisotopic (exact) mass is 269 g/mol. The Hall–Kier alpha value is -0.610. The highest BCUT2D eigenvalue weighted by Gasteiger charge is 2.36. The number of carbonyl (C=O) groups is 1. The van der Waals surface area contributed by atoms with Gasteiger partial charge in [0.15, 0.2) is 0 Å². The maximum Gasteiger partial charge on any atom is 0.237 e. The zero-order valence-electron chi connectivity index (χ0n) is 12.9. The van der Waals surface area contributed by atoms with Crippen molar-refractivity contribution < 1.29 is 4.79 Å². The van der Waals surface area contributed by atoms with E-state index >= 15 is 0 Å². The molecule has 0 aromatic rings. The van der Waals surface area contributed by atoms with Crippen molar-refractivity contribution in [1.82, 2.24) is 10.2 Å². The maximum atomic E-state index is 11.6. The molecule has 1 saturated carbocycles. The fourth-order valence-electron chi connectivity index (χ4n) is 2.34. The molecular weight excluding hydrogens is 238 g/mol. The molecule has 1 amide bonds. The zero-order valence-corrected chi connectivity index (χ0v) is 12.9. The van der Waals surface area contributed by atoms with E-state index in [0.29, 0.717) is 6.04 Å². The first kappa shape index (κ1) is 16.4. The quantitative estimate of drug-likeness (QED) is 0.563.